The quantitative estimate of drug-likeness (QED) is 0.262. The van der Waals surface area contributed by atoms with Crippen molar-refractivity contribution in [2.75, 3.05) is 13.2 Å². The van der Waals surface area contributed by atoms with Crippen LogP contribution in [0, 0.1) is 0 Å². The highest BCUT2D eigenvalue weighted by molar-refractivity contribution is 5.82. The first-order valence-electron chi connectivity index (χ1n) is 2.18. The second-order valence-corrected chi connectivity index (χ2v) is 1.22. The Labute approximate surface area is 42.1 Å². The van der Waals surface area contributed by atoms with Crippen LogP contribution in [-0.2, 0) is 9.16 Å². The lowest BCUT2D eigenvalue weighted by atomic mass is 10.7. The summed E-state index contributed by atoms with van der Waals surface area (Å²) < 4.78 is 9.76. The molecular formula is C5H7O2+. The van der Waals surface area contributed by atoms with Crippen molar-refractivity contribution in [3.05, 3.63) is 12.7 Å². The summed E-state index contributed by atoms with van der Waals surface area (Å²) in [6, 6.07) is 0. The third kappa shape index (κ3) is 0.796. The Morgan fingerprint density at radius 1 is 1.86 bits per heavy atom. The smallest absolute Gasteiger partial charge is 0.312 e. The first kappa shape index (κ1) is 4.37. The number of hydrogen-bond acceptors (Lipinski definition) is 1. The Morgan fingerprint density at radius 2 is 2.71 bits per heavy atom. The Hall–Kier alpha value is -0.790. The molecule has 0 fully saturated rings. The molecule has 0 aromatic heterocycles. The van der Waals surface area contributed by atoms with Crippen molar-refractivity contribution >= 4 is 5.97 Å². The highest BCUT2D eigenvalue weighted by Crippen LogP contribution is 1.87. The van der Waals surface area contributed by atoms with E-state index in [1.54, 1.807) is 6.08 Å². The van der Waals surface area contributed by atoms with E-state index in [4.69, 9.17) is 9.16 Å². The highest BCUT2D eigenvalue weighted by atomic mass is 16.6. The summed E-state index contributed by atoms with van der Waals surface area (Å²) in [6.45, 7) is 4.79. The Kier molecular flexibility index (Phi) is 1.11. The Bertz CT molecular complexity index is 105. The summed E-state index contributed by atoms with van der Waals surface area (Å²) in [7, 11) is 0. The van der Waals surface area contributed by atoms with Crippen molar-refractivity contribution in [3.8, 4) is 0 Å². The van der Waals surface area contributed by atoms with Crippen molar-refractivity contribution in [2.45, 2.75) is 0 Å². The topological polar surface area (TPSA) is 20.5 Å². The van der Waals surface area contributed by atoms with E-state index in [0.717, 1.165) is 0 Å². The molecule has 0 radical (unpaired) electrons. The molecule has 0 amide bonds. The van der Waals surface area contributed by atoms with Gasteiger partial charge in [-0.2, -0.15) is 0 Å². The largest absolute Gasteiger partial charge is 0.511 e. The fourth-order valence-corrected chi connectivity index (χ4v) is 0.444. The number of hydrogen-bond donors (Lipinski definition) is 0. The predicted octanol–water partition coefficient (Wildman–Crippen LogP) is 0.265. The van der Waals surface area contributed by atoms with Crippen LogP contribution in [0.25, 0.3) is 0 Å². The van der Waals surface area contributed by atoms with Gasteiger partial charge in [0.1, 0.15) is 0 Å². The van der Waals surface area contributed by atoms with E-state index >= 15 is 0 Å². The zero-order valence-electron chi connectivity index (χ0n) is 4.02. The van der Waals surface area contributed by atoms with Crippen molar-refractivity contribution in [3.63, 3.8) is 0 Å². The summed E-state index contributed by atoms with van der Waals surface area (Å²) in [5.41, 5.74) is 0. The first-order chi connectivity index (χ1) is 3.43. The number of cyclic esters (lactones) is 1. The fraction of sp³-hybridized carbons (Fsp3) is 0.400. The second-order valence-electron chi connectivity index (χ2n) is 1.22. The van der Waals surface area contributed by atoms with E-state index in [1.165, 1.54) is 0 Å². The van der Waals surface area contributed by atoms with E-state index in [1.807, 2.05) is 0 Å². The van der Waals surface area contributed by atoms with Gasteiger partial charge < -0.3 is 9.16 Å². The molecule has 0 saturated carbocycles. The average molecular weight is 99.1 g/mol. The molecule has 0 bridgehead atoms. The minimum absolute atomic E-state index is 0.556. The average Bonchev–Trinajstić information content (AvgIpc) is 2.14. The summed E-state index contributed by atoms with van der Waals surface area (Å²) in [6.07, 6.45) is 1.56. The van der Waals surface area contributed by atoms with E-state index in [-0.39, 0.29) is 0 Å². The molecule has 0 aromatic rings. The molecular weight excluding hydrogens is 92.1 g/mol. The first-order valence-corrected chi connectivity index (χ1v) is 2.18. The van der Waals surface area contributed by atoms with Gasteiger partial charge in [0, 0.05) is 0 Å². The van der Waals surface area contributed by atoms with Gasteiger partial charge in [0.25, 0.3) is 0 Å². The van der Waals surface area contributed by atoms with Crippen LogP contribution in [0.1, 0.15) is 0 Å². The van der Waals surface area contributed by atoms with Crippen LogP contribution in [0.5, 0.6) is 0 Å². The molecule has 0 aliphatic carbocycles. The molecule has 0 saturated heterocycles. The van der Waals surface area contributed by atoms with Gasteiger partial charge in [0.2, 0.25) is 13.2 Å². The summed E-state index contributed by atoms with van der Waals surface area (Å²) in [5.74, 6) is 0.556. The lowest BCUT2D eigenvalue weighted by Gasteiger charge is -1.70. The minimum Gasteiger partial charge on any atom is -0.312 e. The van der Waals surface area contributed by atoms with Crippen molar-refractivity contribution in [1.82, 2.24) is 0 Å². The molecule has 1 rings (SSSR count). The maximum atomic E-state index is 4.88. The Balaban J connectivity index is 2.51. The number of rotatable bonds is 1. The molecule has 0 atom stereocenters. The lowest BCUT2D eigenvalue weighted by molar-refractivity contribution is -0.444. The van der Waals surface area contributed by atoms with Crippen LogP contribution in [0.4, 0.5) is 0 Å². The van der Waals surface area contributed by atoms with Gasteiger partial charge in [-0.15, -0.1) is 0 Å². The molecule has 2 nitrogen and oxygen atoms in total. The zero-order chi connectivity index (χ0) is 5.11. The van der Waals surface area contributed by atoms with E-state index in [9.17, 15) is 0 Å². The molecule has 7 heavy (non-hydrogen) atoms. The molecule has 1 aliphatic heterocycles. The van der Waals surface area contributed by atoms with Crippen LogP contribution in [0.2, 0.25) is 0 Å². The summed E-state index contributed by atoms with van der Waals surface area (Å²) in [5, 5.41) is 0. The van der Waals surface area contributed by atoms with E-state index in [2.05, 4.69) is 6.58 Å². The van der Waals surface area contributed by atoms with E-state index < -0.39 is 0 Å². The van der Waals surface area contributed by atoms with Crippen LogP contribution in [-0.4, -0.2) is 19.2 Å². The highest BCUT2D eigenvalue weighted by Gasteiger charge is 2.15. The van der Waals surface area contributed by atoms with Gasteiger partial charge in [-0.1, -0.05) is 6.58 Å². The molecule has 0 aromatic carbocycles. The summed E-state index contributed by atoms with van der Waals surface area (Å²) in [4.78, 5) is 0. The minimum atomic E-state index is 0.556. The summed E-state index contributed by atoms with van der Waals surface area (Å²) >= 11 is 0. The van der Waals surface area contributed by atoms with Gasteiger partial charge in [-0.05, 0) is 0 Å². The maximum absolute atomic E-state index is 4.88. The Morgan fingerprint density at radius 3 is 3.00 bits per heavy atom. The molecule has 0 unspecified atom stereocenters. The second kappa shape index (κ2) is 1.78. The van der Waals surface area contributed by atoms with Crippen molar-refractivity contribution in [1.29, 1.82) is 0 Å². The number of ether oxygens (including phenoxy) is 1. The van der Waals surface area contributed by atoms with Gasteiger partial charge in [-0.25, -0.2) is 0 Å². The number of esters is 1. The van der Waals surface area contributed by atoms with Gasteiger partial charge in [-0.3, -0.25) is 0 Å². The standard InChI is InChI=1S/C5H7O2/c1-2-5-6-3-4-7-5/h2H,1,3-4H2/q+1. The van der Waals surface area contributed by atoms with Crippen molar-refractivity contribution in [2.24, 2.45) is 0 Å². The van der Waals surface area contributed by atoms with Crippen LogP contribution < -0.4 is 0 Å². The maximum Gasteiger partial charge on any atom is 0.511 e. The molecule has 1 heterocycles. The van der Waals surface area contributed by atoms with Gasteiger partial charge >= 0.3 is 5.97 Å². The normalized spacial score (nSPS) is 18.0. The van der Waals surface area contributed by atoms with Crippen LogP contribution >= 0.6 is 0 Å². The third-order valence-corrected chi connectivity index (χ3v) is 0.739. The van der Waals surface area contributed by atoms with Crippen molar-refractivity contribution < 1.29 is 9.16 Å². The van der Waals surface area contributed by atoms with Gasteiger partial charge in [0.05, 0.1) is 6.08 Å². The van der Waals surface area contributed by atoms with Crippen LogP contribution in [0.3, 0.4) is 0 Å². The number of carbonyl (C=O) groups excluding carboxylic acids is 1. The van der Waals surface area contributed by atoms with E-state index in [0.29, 0.717) is 19.2 Å². The fourth-order valence-electron chi connectivity index (χ4n) is 0.444. The molecule has 0 spiro atoms. The molecule has 2 heteroatoms. The zero-order valence-corrected chi connectivity index (χ0v) is 4.02. The monoisotopic (exact) mass is 99.0 g/mol. The molecule has 0 N–H and O–H groups in total. The lowest BCUT2D eigenvalue weighted by Crippen LogP contribution is -1.91. The molecule has 1 aliphatic rings. The predicted molar refractivity (Wildman–Crippen MR) is 26.0 cm³/mol. The van der Waals surface area contributed by atoms with Gasteiger partial charge in [0.15, 0.2) is 0 Å². The SMILES string of the molecule is C=CC1=[O+]CCO1. The van der Waals surface area contributed by atoms with Crippen LogP contribution in [0.15, 0.2) is 12.7 Å². The molecule has 38 valence electrons. The third-order valence-electron chi connectivity index (χ3n) is 0.739.